The zero-order valence-electron chi connectivity index (χ0n) is 12.7. The topological polar surface area (TPSA) is 41.1 Å². The van der Waals surface area contributed by atoms with Gasteiger partial charge in [0, 0.05) is 36.6 Å². The van der Waals surface area contributed by atoms with E-state index < -0.39 is 0 Å². The molecule has 0 radical (unpaired) electrons. The molecular formula is C16H21ClN4. The Morgan fingerprint density at radius 3 is 2.62 bits per heavy atom. The molecule has 2 aromatic rings. The van der Waals surface area contributed by atoms with Crippen molar-refractivity contribution < 1.29 is 0 Å². The second-order valence-corrected chi connectivity index (χ2v) is 5.45. The van der Waals surface area contributed by atoms with Crippen molar-refractivity contribution in [2.75, 3.05) is 18.5 Å². The highest BCUT2D eigenvalue weighted by Gasteiger charge is 2.14. The lowest BCUT2D eigenvalue weighted by Gasteiger charge is -2.25. The molecule has 1 heterocycles. The molecule has 112 valence electrons. The molecule has 0 saturated heterocycles. The standard InChI is InChI=1S/C16H21ClN4/c1-4-18-9-13-10-19-16(20-11-13)21(3)12(2)14-6-5-7-15(17)8-14/h5-8,10-12,18H,4,9H2,1-3H3. The summed E-state index contributed by atoms with van der Waals surface area (Å²) in [6, 6.07) is 8.03. The molecule has 21 heavy (non-hydrogen) atoms. The fourth-order valence-electron chi connectivity index (χ4n) is 2.05. The van der Waals surface area contributed by atoms with Crippen molar-refractivity contribution in [1.29, 1.82) is 0 Å². The van der Waals surface area contributed by atoms with E-state index in [-0.39, 0.29) is 6.04 Å². The molecule has 0 spiro atoms. The molecule has 1 N–H and O–H groups in total. The van der Waals surface area contributed by atoms with E-state index in [0.717, 1.165) is 29.2 Å². The van der Waals surface area contributed by atoms with Gasteiger partial charge in [-0.3, -0.25) is 0 Å². The molecule has 1 aromatic heterocycles. The van der Waals surface area contributed by atoms with Crippen molar-refractivity contribution in [3.05, 3.63) is 52.8 Å². The Bertz CT molecular complexity index is 571. The van der Waals surface area contributed by atoms with Gasteiger partial charge >= 0.3 is 0 Å². The fourth-order valence-corrected chi connectivity index (χ4v) is 2.25. The van der Waals surface area contributed by atoms with E-state index in [1.807, 2.05) is 42.5 Å². The van der Waals surface area contributed by atoms with Crippen LogP contribution in [0.25, 0.3) is 0 Å². The van der Waals surface area contributed by atoms with Crippen LogP contribution in [-0.2, 0) is 6.54 Å². The van der Waals surface area contributed by atoms with Gasteiger partial charge in [-0.15, -0.1) is 0 Å². The Morgan fingerprint density at radius 2 is 2.00 bits per heavy atom. The van der Waals surface area contributed by atoms with Gasteiger partial charge in [0.15, 0.2) is 0 Å². The van der Waals surface area contributed by atoms with Gasteiger partial charge < -0.3 is 10.2 Å². The van der Waals surface area contributed by atoms with Gasteiger partial charge in [-0.25, -0.2) is 9.97 Å². The van der Waals surface area contributed by atoms with Crippen LogP contribution in [0.5, 0.6) is 0 Å². The Hall–Kier alpha value is -1.65. The van der Waals surface area contributed by atoms with Crippen LogP contribution in [0, 0.1) is 0 Å². The highest BCUT2D eigenvalue weighted by molar-refractivity contribution is 6.30. The van der Waals surface area contributed by atoms with Crippen molar-refractivity contribution in [1.82, 2.24) is 15.3 Å². The zero-order chi connectivity index (χ0) is 15.2. The Kier molecular flexibility index (Phi) is 5.53. The van der Waals surface area contributed by atoms with Crippen molar-refractivity contribution in [3.8, 4) is 0 Å². The molecule has 0 saturated carbocycles. The Labute approximate surface area is 131 Å². The highest BCUT2D eigenvalue weighted by Crippen LogP contribution is 2.24. The summed E-state index contributed by atoms with van der Waals surface area (Å²) in [4.78, 5) is 10.9. The minimum absolute atomic E-state index is 0.156. The molecule has 0 aliphatic heterocycles. The van der Waals surface area contributed by atoms with Crippen molar-refractivity contribution in [3.63, 3.8) is 0 Å². The van der Waals surface area contributed by atoms with Crippen molar-refractivity contribution in [2.45, 2.75) is 26.4 Å². The molecule has 1 unspecified atom stereocenters. The van der Waals surface area contributed by atoms with Gasteiger partial charge in [-0.1, -0.05) is 30.7 Å². The maximum absolute atomic E-state index is 6.05. The van der Waals surface area contributed by atoms with Crippen LogP contribution in [0.1, 0.15) is 31.0 Å². The molecule has 0 amide bonds. The molecule has 5 heteroatoms. The van der Waals surface area contributed by atoms with Crippen LogP contribution in [-0.4, -0.2) is 23.6 Å². The van der Waals surface area contributed by atoms with Crippen LogP contribution in [0.3, 0.4) is 0 Å². The highest BCUT2D eigenvalue weighted by atomic mass is 35.5. The third-order valence-electron chi connectivity index (χ3n) is 3.50. The zero-order valence-corrected chi connectivity index (χ0v) is 13.4. The summed E-state index contributed by atoms with van der Waals surface area (Å²) in [5.41, 5.74) is 2.23. The van der Waals surface area contributed by atoms with Crippen LogP contribution in [0.2, 0.25) is 5.02 Å². The lowest BCUT2D eigenvalue weighted by Crippen LogP contribution is -2.24. The number of halogens is 1. The first-order valence-corrected chi connectivity index (χ1v) is 7.49. The smallest absolute Gasteiger partial charge is 0.225 e. The summed E-state index contributed by atoms with van der Waals surface area (Å²) in [6.07, 6.45) is 3.73. The Balaban J connectivity index is 2.10. The third-order valence-corrected chi connectivity index (χ3v) is 3.73. The maximum atomic E-state index is 6.05. The average molecular weight is 305 g/mol. The monoisotopic (exact) mass is 304 g/mol. The van der Waals surface area contributed by atoms with E-state index in [9.17, 15) is 0 Å². The number of nitrogens with zero attached hydrogens (tertiary/aromatic N) is 3. The van der Waals surface area contributed by atoms with Gasteiger partial charge in [0.05, 0.1) is 6.04 Å². The largest absolute Gasteiger partial charge is 0.337 e. The molecule has 0 bridgehead atoms. The molecule has 0 aliphatic rings. The predicted octanol–water partition coefficient (Wildman–Crippen LogP) is 3.44. The lowest BCUT2D eigenvalue weighted by molar-refractivity contribution is 0.701. The normalized spacial score (nSPS) is 12.2. The molecule has 0 aliphatic carbocycles. The number of nitrogens with one attached hydrogen (secondary N) is 1. The number of benzene rings is 1. The number of hydrogen-bond donors (Lipinski definition) is 1. The van der Waals surface area contributed by atoms with Crippen LogP contribution in [0.15, 0.2) is 36.7 Å². The number of anilines is 1. The van der Waals surface area contributed by atoms with E-state index in [1.54, 1.807) is 0 Å². The van der Waals surface area contributed by atoms with E-state index >= 15 is 0 Å². The number of aromatic nitrogens is 2. The molecule has 1 atom stereocenters. The summed E-state index contributed by atoms with van der Waals surface area (Å²) in [7, 11) is 1.99. The first kappa shape index (κ1) is 15.7. The van der Waals surface area contributed by atoms with E-state index in [4.69, 9.17) is 11.6 Å². The molecular weight excluding hydrogens is 284 g/mol. The molecule has 2 rings (SSSR count). The van der Waals surface area contributed by atoms with Crippen LogP contribution < -0.4 is 10.2 Å². The summed E-state index contributed by atoms with van der Waals surface area (Å²) in [6.45, 7) is 5.93. The SMILES string of the molecule is CCNCc1cnc(N(C)C(C)c2cccc(Cl)c2)nc1. The lowest BCUT2D eigenvalue weighted by atomic mass is 10.1. The summed E-state index contributed by atoms with van der Waals surface area (Å²) >= 11 is 6.05. The maximum Gasteiger partial charge on any atom is 0.225 e. The Morgan fingerprint density at radius 1 is 1.29 bits per heavy atom. The summed E-state index contributed by atoms with van der Waals surface area (Å²) in [5.74, 6) is 0.711. The van der Waals surface area contributed by atoms with Gasteiger partial charge in [-0.05, 0) is 31.2 Å². The third kappa shape index (κ3) is 4.16. The van der Waals surface area contributed by atoms with Crippen LogP contribution >= 0.6 is 11.6 Å². The van der Waals surface area contributed by atoms with E-state index in [2.05, 4.69) is 35.2 Å². The fraction of sp³-hybridized carbons (Fsp3) is 0.375. The van der Waals surface area contributed by atoms with Gasteiger partial charge in [0.2, 0.25) is 5.95 Å². The predicted molar refractivity (Wildman–Crippen MR) is 87.7 cm³/mol. The minimum Gasteiger partial charge on any atom is -0.337 e. The van der Waals surface area contributed by atoms with Gasteiger partial charge in [-0.2, -0.15) is 0 Å². The average Bonchev–Trinajstić information content (AvgIpc) is 2.52. The molecule has 0 fully saturated rings. The minimum atomic E-state index is 0.156. The molecule has 4 nitrogen and oxygen atoms in total. The second-order valence-electron chi connectivity index (χ2n) is 5.01. The summed E-state index contributed by atoms with van der Waals surface area (Å²) < 4.78 is 0. The first-order valence-electron chi connectivity index (χ1n) is 7.11. The second kappa shape index (κ2) is 7.38. The number of rotatable bonds is 6. The first-order chi connectivity index (χ1) is 10.1. The van der Waals surface area contributed by atoms with Crippen molar-refractivity contribution in [2.24, 2.45) is 0 Å². The quantitative estimate of drug-likeness (QED) is 0.887. The molecule has 1 aromatic carbocycles. The van der Waals surface area contributed by atoms with E-state index in [0.29, 0.717) is 5.95 Å². The van der Waals surface area contributed by atoms with Gasteiger partial charge in [0.1, 0.15) is 0 Å². The van der Waals surface area contributed by atoms with Crippen LogP contribution in [0.4, 0.5) is 5.95 Å². The summed E-state index contributed by atoms with van der Waals surface area (Å²) in [5, 5.41) is 4.00. The van der Waals surface area contributed by atoms with Gasteiger partial charge in [0.25, 0.3) is 0 Å². The van der Waals surface area contributed by atoms with Crippen molar-refractivity contribution >= 4 is 17.5 Å². The number of hydrogen-bond acceptors (Lipinski definition) is 4. The van der Waals surface area contributed by atoms with E-state index in [1.165, 1.54) is 0 Å².